The standard InChI is InChI=1S/C17H18Br2O3/c1-16(2,3)14-13(18)10(15(21)22)8-9-17(14,19)11-6-4-5-7-12(11)20/h4-10,20H,1-3H3,(H,21,22)/p-1. The van der Waals surface area contributed by atoms with Crippen molar-refractivity contribution in [3.05, 3.63) is 52.0 Å². The summed E-state index contributed by atoms with van der Waals surface area (Å²) in [5.74, 6) is -1.83. The highest BCUT2D eigenvalue weighted by molar-refractivity contribution is 9.12. The van der Waals surface area contributed by atoms with Crippen molar-refractivity contribution < 1.29 is 15.0 Å². The van der Waals surface area contributed by atoms with Crippen LogP contribution >= 0.6 is 31.9 Å². The lowest BCUT2D eigenvalue weighted by molar-refractivity contribution is -0.308. The molecule has 1 aliphatic carbocycles. The number of carbonyl (C=O) groups is 1. The maximum atomic E-state index is 11.4. The number of carboxylic acids is 1. The quantitative estimate of drug-likeness (QED) is 0.578. The molecule has 0 amide bonds. The van der Waals surface area contributed by atoms with Crippen molar-refractivity contribution in [1.82, 2.24) is 0 Å². The van der Waals surface area contributed by atoms with Crippen LogP contribution in [0.4, 0.5) is 0 Å². The predicted octanol–water partition coefficient (Wildman–Crippen LogP) is 3.61. The maximum Gasteiger partial charge on any atom is 0.120 e. The van der Waals surface area contributed by atoms with Gasteiger partial charge in [-0.3, -0.25) is 0 Å². The first-order chi connectivity index (χ1) is 10.1. The molecule has 0 bridgehead atoms. The number of phenolic OH excluding ortho intramolecular Hbond substituents is 1. The van der Waals surface area contributed by atoms with Crippen LogP contribution < -0.4 is 5.11 Å². The fourth-order valence-electron chi connectivity index (χ4n) is 2.82. The van der Waals surface area contributed by atoms with Crippen molar-refractivity contribution in [2.45, 2.75) is 25.1 Å². The highest BCUT2D eigenvalue weighted by atomic mass is 79.9. The number of halogens is 2. The zero-order valence-electron chi connectivity index (χ0n) is 12.6. The van der Waals surface area contributed by atoms with Crippen LogP contribution in [0.1, 0.15) is 26.3 Å². The van der Waals surface area contributed by atoms with E-state index in [0.717, 1.165) is 5.57 Å². The molecule has 0 saturated heterocycles. The number of para-hydroxylation sites is 1. The third-order valence-corrected chi connectivity index (χ3v) is 5.67. The lowest BCUT2D eigenvalue weighted by Gasteiger charge is -2.41. The van der Waals surface area contributed by atoms with E-state index in [2.05, 4.69) is 31.9 Å². The molecule has 118 valence electrons. The largest absolute Gasteiger partial charge is 0.549 e. The number of hydrogen-bond acceptors (Lipinski definition) is 3. The van der Waals surface area contributed by atoms with Gasteiger partial charge in [0, 0.05) is 16.0 Å². The van der Waals surface area contributed by atoms with Crippen LogP contribution in [-0.2, 0) is 9.12 Å². The molecule has 1 aromatic rings. The number of benzene rings is 1. The second-order valence-electron chi connectivity index (χ2n) is 6.36. The number of carboxylic acid groups (broad SMARTS) is 1. The number of hydrogen-bond donors (Lipinski definition) is 1. The monoisotopic (exact) mass is 427 g/mol. The molecule has 1 N–H and O–H groups in total. The zero-order chi connectivity index (χ0) is 16.7. The Labute approximate surface area is 147 Å². The maximum absolute atomic E-state index is 11.4. The fourth-order valence-corrected chi connectivity index (χ4v) is 5.63. The minimum Gasteiger partial charge on any atom is -0.549 e. The van der Waals surface area contributed by atoms with Gasteiger partial charge in [0.2, 0.25) is 0 Å². The van der Waals surface area contributed by atoms with E-state index >= 15 is 0 Å². The Morgan fingerprint density at radius 1 is 1.32 bits per heavy atom. The average Bonchev–Trinajstić information content (AvgIpc) is 2.36. The van der Waals surface area contributed by atoms with Crippen molar-refractivity contribution in [2.75, 3.05) is 0 Å². The summed E-state index contributed by atoms with van der Waals surface area (Å²) in [6.45, 7) is 6.02. The minimum atomic E-state index is -1.16. The molecular formula is C17H17Br2O3-. The number of aliphatic carboxylic acids is 1. The Balaban J connectivity index is 2.74. The van der Waals surface area contributed by atoms with Gasteiger partial charge in [0.15, 0.2) is 0 Å². The van der Waals surface area contributed by atoms with Gasteiger partial charge in [-0.25, -0.2) is 0 Å². The number of phenols is 1. The average molecular weight is 429 g/mol. The molecule has 0 fully saturated rings. The number of carbonyl (C=O) groups excluding carboxylic acids is 1. The van der Waals surface area contributed by atoms with Gasteiger partial charge < -0.3 is 15.0 Å². The molecule has 0 saturated carbocycles. The van der Waals surface area contributed by atoms with E-state index in [0.29, 0.717) is 10.0 Å². The summed E-state index contributed by atoms with van der Waals surface area (Å²) < 4.78 is -0.218. The van der Waals surface area contributed by atoms with Gasteiger partial charge in [0.1, 0.15) is 5.75 Å². The van der Waals surface area contributed by atoms with Crippen molar-refractivity contribution in [1.29, 1.82) is 0 Å². The SMILES string of the molecule is CC(C)(C)C1=C(Br)C(C(=O)[O-])C=CC1(Br)c1ccccc1O. The summed E-state index contributed by atoms with van der Waals surface area (Å²) in [5, 5.41) is 21.6. The first kappa shape index (κ1) is 17.3. The van der Waals surface area contributed by atoms with Gasteiger partial charge in [0.25, 0.3) is 0 Å². The van der Waals surface area contributed by atoms with Crippen LogP contribution in [0.25, 0.3) is 0 Å². The molecule has 1 aromatic carbocycles. The fraction of sp³-hybridized carbons (Fsp3) is 0.353. The predicted molar refractivity (Wildman–Crippen MR) is 91.8 cm³/mol. The lowest BCUT2D eigenvalue weighted by atomic mass is 9.71. The Morgan fingerprint density at radius 2 is 1.91 bits per heavy atom. The Morgan fingerprint density at radius 3 is 2.41 bits per heavy atom. The Kier molecular flexibility index (Phi) is 4.60. The molecule has 1 aliphatic rings. The van der Waals surface area contributed by atoms with Gasteiger partial charge in [-0.05, 0) is 17.1 Å². The molecular weight excluding hydrogens is 412 g/mol. The molecule has 0 radical (unpaired) electrons. The van der Waals surface area contributed by atoms with Crippen LogP contribution in [0.2, 0.25) is 0 Å². The molecule has 0 aromatic heterocycles. The molecule has 3 nitrogen and oxygen atoms in total. The highest BCUT2D eigenvalue weighted by Gasteiger charge is 2.43. The van der Waals surface area contributed by atoms with Crippen molar-refractivity contribution >= 4 is 37.8 Å². The molecule has 2 unspecified atom stereocenters. The normalized spacial score (nSPS) is 25.4. The van der Waals surface area contributed by atoms with Gasteiger partial charge in [0.05, 0.1) is 10.3 Å². The van der Waals surface area contributed by atoms with Crippen LogP contribution in [0.3, 0.4) is 0 Å². The Hall–Kier alpha value is -1.07. The van der Waals surface area contributed by atoms with Crippen LogP contribution in [0.15, 0.2) is 46.5 Å². The second-order valence-corrected chi connectivity index (χ2v) is 8.46. The minimum absolute atomic E-state index is 0.151. The van der Waals surface area contributed by atoms with Gasteiger partial charge in [-0.2, -0.15) is 0 Å². The molecule has 2 rings (SSSR count). The van der Waals surface area contributed by atoms with E-state index in [1.54, 1.807) is 24.3 Å². The third-order valence-electron chi connectivity index (χ3n) is 3.69. The van der Waals surface area contributed by atoms with E-state index in [9.17, 15) is 15.0 Å². The number of allylic oxidation sites excluding steroid dienone is 2. The van der Waals surface area contributed by atoms with Gasteiger partial charge in [-0.1, -0.05) is 83.0 Å². The number of aromatic hydroxyl groups is 1. The van der Waals surface area contributed by atoms with E-state index in [-0.39, 0.29) is 11.2 Å². The third kappa shape index (κ3) is 2.88. The second kappa shape index (κ2) is 5.85. The summed E-state index contributed by atoms with van der Waals surface area (Å²) in [6.07, 6.45) is 3.35. The summed E-state index contributed by atoms with van der Waals surface area (Å²) in [5.41, 5.74) is 1.19. The van der Waals surface area contributed by atoms with Crippen LogP contribution in [0, 0.1) is 11.3 Å². The highest BCUT2D eigenvalue weighted by Crippen LogP contribution is 2.55. The summed E-state index contributed by atoms with van der Waals surface area (Å²) in [7, 11) is 0. The molecule has 0 heterocycles. The summed E-state index contributed by atoms with van der Waals surface area (Å²) in [6, 6.07) is 7.02. The number of alkyl halides is 1. The molecule has 5 heteroatoms. The van der Waals surface area contributed by atoms with Crippen LogP contribution in [-0.4, -0.2) is 11.1 Å². The van der Waals surface area contributed by atoms with Crippen molar-refractivity contribution in [3.63, 3.8) is 0 Å². The van der Waals surface area contributed by atoms with Gasteiger partial charge in [-0.15, -0.1) is 0 Å². The molecule has 22 heavy (non-hydrogen) atoms. The first-order valence-electron chi connectivity index (χ1n) is 6.87. The molecule has 0 spiro atoms. The van der Waals surface area contributed by atoms with Crippen molar-refractivity contribution in [2.24, 2.45) is 11.3 Å². The number of rotatable bonds is 2. The van der Waals surface area contributed by atoms with E-state index < -0.39 is 16.2 Å². The zero-order valence-corrected chi connectivity index (χ0v) is 15.7. The van der Waals surface area contributed by atoms with Crippen LogP contribution in [0.5, 0.6) is 5.75 Å². The smallest absolute Gasteiger partial charge is 0.120 e. The topological polar surface area (TPSA) is 60.4 Å². The molecule has 0 aliphatic heterocycles. The summed E-state index contributed by atoms with van der Waals surface area (Å²) in [4.78, 5) is 11.4. The summed E-state index contributed by atoms with van der Waals surface area (Å²) >= 11 is 7.18. The van der Waals surface area contributed by atoms with E-state index in [1.165, 1.54) is 0 Å². The first-order valence-corrected chi connectivity index (χ1v) is 8.46. The molecule has 2 atom stereocenters. The van der Waals surface area contributed by atoms with Gasteiger partial charge >= 0.3 is 0 Å². The Bertz CT molecular complexity index is 671. The van der Waals surface area contributed by atoms with E-state index in [1.807, 2.05) is 32.9 Å². The van der Waals surface area contributed by atoms with E-state index in [4.69, 9.17) is 0 Å². The lowest BCUT2D eigenvalue weighted by Crippen LogP contribution is -2.38. The van der Waals surface area contributed by atoms with Crippen molar-refractivity contribution in [3.8, 4) is 5.75 Å².